The molecular formula is C18H35N3O2. The quantitative estimate of drug-likeness (QED) is 0.834. The SMILES string of the molecule is CC(C)(C)OC(=O)N1CCC(CNCC2CCC(N)CC2)CC1. The molecule has 134 valence electrons. The summed E-state index contributed by atoms with van der Waals surface area (Å²) in [5.74, 6) is 1.48. The maximum atomic E-state index is 12.0. The first-order valence-electron chi connectivity index (χ1n) is 9.27. The van der Waals surface area contributed by atoms with E-state index >= 15 is 0 Å². The van der Waals surface area contributed by atoms with Crippen molar-refractivity contribution in [3.05, 3.63) is 0 Å². The van der Waals surface area contributed by atoms with Crippen molar-refractivity contribution in [1.29, 1.82) is 0 Å². The van der Waals surface area contributed by atoms with Crippen molar-refractivity contribution in [2.45, 2.75) is 70.9 Å². The summed E-state index contributed by atoms with van der Waals surface area (Å²) in [6.07, 6.45) is 6.88. The van der Waals surface area contributed by atoms with Gasteiger partial charge in [-0.05, 0) is 84.2 Å². The molecule has 1 heterocycles. The molecule has 0 spiro atoms. The molecular weight excluding hydrogens is 290 g/mol. The van der Waals surface area contributed by atoms with Gasteiger partial charge >= 0.3 is 6.09 Å². The van der Waals surface area contributed by atoms with E-state index in [1.807, 2.05) is 25.7 Å². The molecule has 0 aromatic rings. The average Bonchev–Trinajstić information content (AvgIpc) is 2.48. The Morgan fingerprint density at radius 2 is 1.57 bits per heavy atom. The van der Waals surface area contributed by atoms with Gasteiger partial charge in [-0.25, -0.2) is 4.79 Å². The van der Waals surface area contributed by atoms with E-state index in [4.69, 9.17) is 10.5 Å². The van der Waals surface area contributed by atoms with Gasteiger partial charge in [0.25, 0.3) is 0 Å². The first-order valence-corrected chi connectivity index (χ1v) is 9.27. The fraction of sp³-hybridized carbons (Fsp3) is 0.944. The van der Waals surface area contributed by atoms with Gasteiger partial charge in [-0.3, -0.25) is 0 Å². The second kappa shape index (κ2) is 8.34. The van der Waals surface area contributed by atoms with Gasteiger partial charge in [-0.15, -0.1) is 0 Å². The fourth-order valence-corrected chi connectivity index (χ4v) is 3.53. The Bertz CT molecular complexity index is 365. The summed E-state index contributed by atoms with van der Waals surface area (Å²) in [6, 6.07) is 0.434. The highest BCUT2D eigenvalue weighted by Crippen LogP contribution is 2.23. The van der Waals surface area contributed by atoms with Crippen LogP contribution in [0.25, 0.3) is 0 Å². The number of hydrogen-bond acceptors (Lipinski definition) is 4. The van der Waals surface area contributed by atoms with Crippen molar-refractivity contribution in [3.63, 3.8) is 0 Å². The molecule has 1 saturated heterocycles. The Morgan fingerprint density at radius 3 is 2.09 bits per heavy atom. The summed E-state index contributed by atoms with van der Waals surface area (Å²) in [5, 5.41) is 3.65. The minimum absolute atomic E-state index is 0.164. The van der Waals surface area contributed by atoms with Gasteiger partial charge in [0.15, 0.2) is 0 Å². The predicted octanol–water partition coefficient (Wildman–Crippen LogP) is 2.74. The van der Waals surface area contributed by atoms with Crippen molar-refractivity contribution in [2.75, 3.05) is 26.2 Å². The smallest absolute Gasteiger partial charge is 0.410 e. The summed E-state index contributed by atoms with van der Waals surface area (Å²) in [7, 11) is 0. The number of ether oxygens (including phenoxy) is 1. The average molecular weight is 325 g/mol. The third kappa shape index (κ3) is 6.68. The van der Waals surface area contributed by atoms with Crippen LogP contribution in [0.2, 0.25) is 0 Å². The number of nitrogens with zero attached hydrogens (tertiary/aromatic N) is 1. The van der Waals surface area contributed by atoms with E-state index in [9.17, 15) is 4.79 Å². The van der Waals surface area contributed by atoms with Gasteiger partial charge in [-0.2, -0.15) is 0 Å². The lowest BCUT2D eigenvalue weighted by molar-refractivity contribution is 0.0184. The number of nitrogens with one attached hydrogen (secondary N) is 1. The number of rotatable bonds is 4. The molecule has 23 heavy (non-hydrogen) atoms. The Kier molecular flexibility index (Phi) is 6.72. The van der Waals surface area contributed by atoms with Crippen molar-refractivity contribution in [2.24, 2.45) is 17.6 Å². The topological polar surface area (TPSA) is 67.6 Å². The zero-order valence-electron chi connectivity index (χ0n) is 15.1. The van der Waals surface area contributed by atoms with Crippen LogP contribution < -0.4 is 11.1 Å². The van der Waals surface area contributed by atoms with Gasteiger partial charge in [0.05, 0.1) is 0 Å². The fourth-order valence-electron chi connectivity index (χ4n) is 3.53. The van der Waals surface area contributed by atoms with E-state index in [1.165, 1.54) is 25.7 Å². The summed E-state index contributed by atoms with van der Waals surface area (Å²) >= 11 is 0. The number of likely N-dealkylation sites (tertiary alicyclic amines) is 1. The Labute approximate surface area is 141 Å². The molecule has 0 unspecified atom stereocenters. The van der Waals surface area contributed by atoms with Crippen LogP contribution >= 0.6 is 0 Å². The molecule has 1 aliphatic carbocycles. The maximum Gasteiger partial charge on any atom is 0.410 e. The highest BCUT2D eigenvalue weighted by atomic mass is 16.6. The third-order valence-electron chi connectivity index (χ3n) is 5.02. The number of carbonyl (C=O) groups is 1. The number of carbonyl (C=O) groups excluding carboxylic acids is 1. The van der Waals surface area contributed by atoms with Crippen LogP contribution in [0.1, 0.15) is 59.3 Å². The van der Waals surface area contributed by atoms with E-state index in [0.717, 1.165) is 44.9 Å². The largest absolute Gasteiger partial charge is 0.444 e. The van der Waals surface area contributed by atoms with E-state index in [1.54, 1.807) is 0 Å². The molecule has 0 aromatic carbocycles. The molecule has 0 atom stereocenters. The van der Waals surface area contributed by atoms with Crippen LogP contribution in [0.15, 0.2) is 0 Å². The normalized spacial score (nSPS) is 27.0. The molecule has 2 fully saturated rings. The zero-order valence-corrected chi connectivity index (χ0v) is 15.1. The van der Waals surface area contributed by atoms with Gasteiger partial charge < -0.3 is 20.7 Å². The molecule has 2 aliphatic rings. The lowest BCUT2D eigenvalue weighted by atomic mass is 9.86. The predicted molar refractivity (Wildman–Crippen MR) is 93.3 cm³/mol. The molecule has 1 amide bonds. The van der Waals surface area contributed by atoms with Crippen molar-refractivity contribution in [3.8, 4) is 0 Å². The van der Waals surface area contributed by atoms with E-state index in [2.05, 4.69) is 5.32 Å². The first kappa shape index (κ1) is 18.5. The van der Waals surface area contributed by atoms with Crippen LogP contribution in [0.3, 0.4) is 0 Å². The highest BCUT2D eigenvalue weighted by molar-refractivity contribution is 5.68. The number of amides is 1. The monoisotopic (exact) mass is 325 g/mol. The minimum Gasteiger partial charge on any atom is -0.444 e. The maximum absolute atomic E-state index is 12.0. The summed E-state index contributed by atoms with van der Waals surface area (Å²) in [5.41, 5.74) is 5.55. The standard InChI is InChI=1S/C18H35N3O2/c1-18(2,3)23-17(22)21-10-8-15(9-11-21)13-20-12-14-4-6-16(19)7-5-14/h14-16,20H,4-13,19H2,1-3H3. The van der Waals surface area contributed by atoms with Crippen molar-refractivity contribution in [1.82, 2.24) is 10.2 Å². The van der Waals surface area contributed by atoms with Gasteiger partial charge in [0.2, 0.25) is 0 Å². The minimum atomic E-state index is -0.405. The molecule has 0 radical (unpaired) electrons. The Hall–Kier alpha value is -0.810. The Morgan fingerprint density at radius 1 is 1.04 bits per heavy atom. The molecule has 1 aliphatic heterocycles. The van der Waals surface area contributed by atoms with Crippen LogP contribution in [0, 0.1) is 11.8 Å². The van der Waals surface area contributed by atoms with E-state index in [-0.39, 0.29) is 6.09 Å². The van der Waals surface area contributed by atoms with E-state index < -0.39 is 5.60 Å². The van der Waals surface area contributed by atoms with Gasteiger partial charge in [0, 0.05) is 19.1 Å². The molecule has 2 rings (SSSR count). The van der Waals surface area contributed by atoms with Gasteiger partial charge in [-0.1, -0.05) is 0 Å². The molecule has 0 bridgehead atoms. The van der Waals surface area contributed by atoms with Gasteiger partial charge in [0.1, 0.15) is 5.60 Å². The Balaban J connectivity index is 1.59. The number of hydrogen-bond donors (Lipinski definition) is 2. The number of piperidine rings is 1. The molecule has 5 nitrogen and oxygen atoms in total. The van der Waals surface area contributed by atoms with Crippen molar-refractivity contribution < 1.29 is 9.53 Å². The molecule has 0 aromatic heterocycles. The van der Waals surface area contributed by atoms with Crippen LogP contribution in [0.4, 0.5) is 4.79 Å². The third-order valence-corrected chi connectivity index (χ3v) is 5.02. The summed E-state index contributed by atoms with van der Waals surface area (Å²) < 4.78 is 5.44. The summed E-state index contributed by atoms with van der Waals surface area (Å²) in [6.45, 7) is 9.59. The molecule has 3 N–H and O–H groups in total. The van der Waals surface area contributed by atoms with Crippen LogP contribution in [-0.4, -0.2) is 48.8 Å². The molecule has 5 heteroatoms. The lowest BCUT2D eigenvalue weighted by Crippen LogP contribution is -2.43. The lowest BCUT2D eigenvalue weighted by Gasteiger charge is -2.34. The van der Waals surface area contributed by atoms with E-state index in [0.29, 0.717) is 12.0 Å². The highest BCUT2D eigenvalue weighted by Gasteiger charge is 2.27. The van der Waals surface area contributed by atoms with Crippen LogP contribution in [-0.2, 0) is 4.74 Å². The summed E-state index contributed by atoms with van der Waals surface area (Å²) in [4.78, 5) is 13.9. The van der Waals surface area contributed by atoms with Crippen molar-refractivity contribution >= 4 is 6.09 Å². The zero-order chi connectivity index (χ0) is 16.9. The second-order valence-corrected chi connectivity index (χ2v) is 8.35. The first-order chi connectivity index (χ1) is 10.8. The van der Waals surface area contributed by atoms with Crippen LogP contribution in [0.5, 0.6) is 0 Å². The second-order valence-electron chi connectivity index (χ2n) is 8.35. The molecule has 1 saturated carbocycles. The number of nitrogens with two attached hydrogens (primary N) is 1.